The summed E-state index contributed by atoms with van der Waals surface area (Å²) >= 11 is 0. The lowest BCUT2D eigenvalue weighted by molar-refractivity contribution is 0.0991. The first-order chi connectivity index (χ1) is 15.0. The van der Waals surface area contributed by atoms with Crippen LogP contribution >= 0.6 is 0 Å². The van der Waals surface area contributed by atoms with Gasteiger partial charge in [-0.3, -0.25) is 14.5 Å². The average molecular weight is 416 g/mol. The molecule has 0 bridgehead atoms. The molecule has 3 aromatic heterocycles. The molecule has 5 rings (SSSR count). The molecule has 2 atom stereocenters. The molecule has 0 saturated heterocycles. The Kier molecular flexibility index (Phi) is 4.77. The van der Waals surface area contributed by atoms with E-state index in [1.54, 1.807) is 6.20 Å². The van der Waals surface area contributed by atoms with Crippen LogP contribution in [0.1, 0.15) is 61.4 Å². The van der Waals surface area contributed by atoms with Gasteiger partial charge in [-0.1, -0.05) is 25.1 Å². The summed E-state index contributed by atoms with van der Waals surface area (Å²) in [7, 11) is 0. The number of rotatable bonds is 7. The summed E-state index contributed by atoms with van der Waals surface area (Å²) in [6.07, 6.45) is 6.77. The van der Waals surface area contributed by atoms with Crippen LogP contribution in [0.3, 0.4) is 0 Å². The van der Waals surface area contributed by atoms with Crippen molar-refractivity contribution in [2.24, 2.45) is 11.7 Å². The molecule has 1 aromatic carbocycles. The number of nitrogens with one attached hydrogen (secondary N) is 1. The van der Waals surface area contributed by atoms with Crippen molar-refractivity contribution >= 4 is 33.7 Å². The Morgan fingerprint density at radius 2 is 2.03 bits per heavy atom. The van der Waals surface area contributed by atoms with Gasteiger partial charge in [0.15, 0.2) is 5.82 Å². The topological polar surface area (TPSA) is 112 Å². The molecule has 4 aromatic rings. The van der Waals surface area contributed by atoms with Crippen molar-refractivity contribution in [2.75, 3.05) is 5.32 Å². The molecule has 1 unspecified atom stereocenters. The van der Waals surface area contributed by atoms with E-state index in [1.807, 2.05) is 29.1 Å². The lowest BCUT2D eigenvalue weighted by atomic mass is 10.0. The summed E-state index contributed by atoms with van der Waals surface area (Å²) in [6, 6.07) is 10.5. The number of anilines is 1. The van der Waals surface area contributed by atoms with Crippen LogP contribution in [-0.4, -0.2) is 30.6 Å². The summed E-state index contributed by atoms with van der Waals surface area (Å²) < 4.78 is 1.92. The van der Waals surface area contributed by atoms with Gasteiger partial charge < -0.3 is 11.1 Å². The molecule has 31 heavy (non-hydrogen) atoms. The zero-order valence-electron chi connectivity index (χ0n) is 17.6. The van der Waals surface area contributed by atoms with Crippen LogP contribution in [0.5, 0.6) is 0 Å². The molecule has 0 spiro atoms. The lowest BCUT2D eigenvalue weighted by Gasteiger charge is -2.21. The number of nitrogens with zero attached hydrogens (tertiary/aromatic N) is 5. The number of pyridine rings is 1. The molecule has 8 heteroatoms. The highest BCUT2D eigenvalue weighted by Crippen LogP contribution is 2.43. The molecule has 1 aliphatic carbocycles. The predicted molar refractivity (Wildman–Crippen MR) is 120 cm³/mol. The maximum Gasteiger partial charge on any atom is 0.286 e. The van der Waals surface area contributed by atoms with Crippen molar-refractivity contribution in [1.82, 2.24) is 24.7 Å². The zero-order valence-corrected chi connectivity index (χ0v) is 17.6. The number of benzene rings is 1. The quantitative estimate of drug-likeness (QED) is 0.472. The van der Waals surface area contributed by atoms with E-state index in [4.69, 9.17) is 5.73 Å². The summed E-state index contributed by atoms with van der Waals surface area (Å²) in [6.45, 7) is 4.21. The first kappa shape index (κ1) is 19.4. The minimum atomic E-state index is -0.656. The van der Waals surface area contributed by atoms with Crippen LogP contribution in [0, 0.1) is 5.92 Å². The van der Waals surface area contributed by atoms with Crippen LogP contribution < -0.4 is 11.1 Å². The second kappa shape index (κ2) is 7.61. The van der Waals surface area contributed by atoms with E-state index < -0.39 is 5.91 Å². The summed E-state index contributed by atoms with van der Waals surface area (Å²) in [5.74, 6) is 0.396. The minimum Gasteiger partial charge on any atom is -0.363 e. The molecule has 1 amide bonds. The largest absolute Gasteiger partial charge is 0.363 e. The Labute approximate surface area is 179 Å². The van der Waals surface area contributed by atoms with Gasteiger partial charge in [0.05, 0.1) is 17.8 Å². The Bertz CT molecular complexity index is 1280. The van der Waals surface area contributed by atoms with Gasteiger partial charge in [0.2, 0.25) is 5.82 Å². The molecular formula is C23H25N7O. The number of aromatic nitrogens is 5. The smallest absolute Gasteiger partial charge is 0.286 e. The normalized spacial score (nSPS) is 15.8. The Morgan fingerprint density at radius 1 is 1.23 bits per heavy atom. The van der Waals surface area contributed by atoms with Crippen molar-refractivity contribution in [2.45, 2.75) is 45.2 Å². The number of primary amides is 1. The van der Waals surface area contributed by atoms with Crippen molar-refractivity contribution < 1.29 is 4.79 Å². The van der Waals surface area contributed by atoms with Gasteiger partial charge in [-0.15, -0.1) is 0 Å². The Balaban J connectivity index is 1.62. The Morgan fingerprint density at radius 3 is 2.77 bits per heavy atom. The molecule has 1 aliphatic rings. The highest BCUT2D eigenvalue weighted by atomic mass is 16.1. The highest BCUT2D eigenvalue weighted by Gasteiger charge is 2.34. The Hall–Kier alpha value is -3.55. The van der Waals surface area contributed by atoms with E-state index in [2.05, 4.69) is 51.3 Å². The van der Waals surface area contributed by atoms with Crippen molar-refractivity contribution in [1.29, 1.82) is 0 Å². The fourth-order valence-corrected chi connectivity index (χ4v) is 3.99. The third-order valence-corrected chi connectivity index (χ3v) is 6.03. The van der Waals surface area contributed by atoms with E-state index in [0.29, 0.717) is 17.3 Å². The summed E-state index contributed by atoms with van der Waals surface area (Å²) in [5, 5.41) is 9.22. The lowest BCUT2D eigenvalue weighted by Crippen LogP contribution is -2.20. The van der Waals surface area contributed by atoms with E-state index in [9.17, 15) is 4.79 Å². The van der Waals surface area contributed by atoms with E-state index in [1.165, 1.54) is 0 Å². The maximum atomic E-state index is 11.9. The van der Waals surface area contributed by atoms with Crippen LogP contribution in [-0.2, 0) is 0 Å². The van der Waals surface area contributed by atoms with Gasteiger partial charge in [0.25, 0.3) is 5.91 Å². The van der Waals surface area contributed by atoms with Crippen LogP contribution in [0.15, 0.2) is 42.7 Å². The van der Waals surface area contributed by atoms with Gasteiger partial charge in [-0.25, -0.2) is 9.97 Å². The van der Waals surface area contributed by atoms with Crippen molar-refractivity contribution in [3.63, 3.8) is 0 Å². The first-order valence-electron chi connectivity index (χ1n) is 10.7. The van der Waals surface area contributed by atoms with Gasteiger partial charge >= 0.3 is 0 Å². The molecule has 1 saturated carbocycles. The third-order valence-electron chi connectivity index (χ3n) is 6.03. The fourth-order valence-electron chi connectivity index (χ4n) is 3.99. The average Bonchev–Trinajstić information content (AvgIpc) is 3.54. The standard InChI is InChI=1S/C23H25N7O/c1-3-13(2)30-20-18(12-26-30)27-23(21(24)31)29-22(20)28-19(14-8-9-14)16-10-15-6-4-5-7-17(15)25-11-16/h4-7,10-14,19H,3,8-9H2,1-2H3,(H2,24,31)(H,27,28,29)/t13?,19-/m1/s1. The van der Waals surface area contributed by atoms with Gasteiger partial charge in [-0.05, 0) is 49.8 Å². The van der Waals surface area contributed by atoms with Crippen molar-refractivity contribution in [3.8, 4) is 0 Å². The fraction of sp³-hybridized carbons (Fsp3) is 0.348. The number of para-hydroxylation sites is 1. The monoisotopic (exact) mass is 415 g/mol. The predicted octanol–water partition coefficient (Wildman–Crippen LogP) is 4.01. The van der Waals surface area contributed by atoms with Crippen molar-refractivity contribution in [3.05, 3.63) is 54.1 Å². The number of fused-ring (bicyclic) bond motifs is 2. The van der Waals surface area contributed by atoms with Crippen LogP contribution in [0.4, 0.5) is 5.82 Å². The van der Waals surface area contributed by atoms with Gasteiger partial charge in [-0.2, -0.15) is 5.10 Å². The van der Waals surface area contributed by atoms with E-state index in [0.717, 1.165) is 41.2 Å². The molecule has 3 heterocycles. The number of nitrogens with two attached hydrogens (primary N) is 1. The summed E-state index contributed by atoms with van der Waals surface area (Å²) in [4.78, 5) is 25.4. The first-order valence-corrected chi connectivity index (χ1v) is 10.7. The number of hydrogen-bond donors (Lipinski definition) is 2. The molecule has 0 aliphatic heterocycles. The van der Waals surface area contributed by atoms with Crippen LogP contribution in [0.25, 0.3) is 21.9 Å². The molecule has 8 nitrogen and oxygen atoms in total. The van der Waals surface area contributed by atoms with Gasteiger partial charge in [0.1, 0.15) is 11.0 Å². The van der Waals surface area contributed by atoms with Crippen LogP contribution in [0.2, 0.25) is 0 Å². The second-order valence-electron chi connectivity index (χ2n) is 8.26. The maximum absolute atomic E-state index is 11.9. The molecule has 0 radical (unpaired) electrons. The second-order valence-corrected chi connectivity index (χ2v) is 8.26. The van der Waals surface area contributed by atoms with Gasteiger partial charge in [0, 0.05) is 17.6 Å². The third kappa shape index (κ3) is 3.58. The minimum absolute atomic E-state index is 0.00937. The zero-order chi connectivity index (χ0) is 21.5. The number of carbonyl (C=O) groups is 1. The van der Waals surface area contributed by atoms with E-state index in [-0.39, 0.29) is 17.9 Å². The molecular weight excluding hydrogens is 390 g/mol. The number of hydrogen-bond acceptors (Lipinski definition) is 6. The molecule has 3 N–H and O–H groups in total. The molecule has 1 fully saturated rings. The SMILES string of the molecule is CCC(C)n1ncc2nc(C(N)=O)nc(N[C@@H](c3cnc4ccccc4c3)C3CC3)c21. The number of carbonyl (C=O) groups excluding carboxylic acids is 1. The van der Waals surface area contributed by atoms with E-state index >= 15 is 0 Å². The number of amides is 1. The summed E-state index contributed by atoms with van der Waals surface area (Å²) in [5.41, 5.74) is 8.98. The highest BCUT2D eigenvalue weighted by molar-refractivity contribution is 5.94. The molecule has 158 valence electrons.